The molecule has 2 rings (SSSR count). The second-order valence-electron chi connectivity index (χ2n) is 6.20. The average Bonchev–Trinajstić information content (AvgIpc) is 2.97. The summed E-state index contributed by atoms with van der Waals surface area (Å²) in [4.78, 5) is 4.26. The number of thioether (sulfide) groups is 1. The van der Waals surface area contributed by atoms with Gasteiger partial charge in [-0.15, -0.1) is 11.8 Å². The highest BCUT2D eigenvalue weighted by Gasteiger charge is 2.26. The molecule has 0 heterocycles. The summed E-state index contributed by atoms with van der Waals surface area (Å²) in [6.45, 7) is 5.62. The van der Waals surface area contributed by atoms with E-state index in [1.54, 1.807) is 11.8 Å². The first kappa shape index (κ1) is 16.6. The van der Waals surface area contributed by atoms with Gasteiger partial charge in [-0.05, 0) is 37.1 Å². The fraction of sp³-hybridized carbons (Fsp3) is 0.588. The molecule has 0 radical (unpaired) electrons. The summed E-state index contributed by atoms with van der Waals surface area (Å²) < 4.78 is 0. The molecule has 0 unspecified atom stereocenters. The summed E-state index contributed by atoms with van der Waals surface area (Å²) in [6, 6.07) is 7.07. The Hall–Kier alpha value is -0.740. The van der Waals surface area contributed by atoms with Crippen molar-refractivity contribution in [2.75, 3.05) is 17.7 Å². The molecule has 2 nitrogen and oxygen atoms in total. The molecule has 1 fully saturated rings. The van der Waals surface area contributed by atoms with Gasteiger partial charge in [0.2, 0.25) is 0 Å². The van der Waals surface area contributed by atoms with Gasteiger partial charge in [-0.2, -0.15) is 0 Å². The van der Waals surface area contributed by atoms with Crippen LogP contribution in [0.4, 0.5) is 5.69 Å². The summed E-state index contributed by atoms with van der Waals surface area (Å²) in [7, 11) is 0. The Bertz CT molecular complexity index is 494. The van der Waals surface area contributed by atoms with Gasteiger partial charge in [-0.3, -0.25) is 0 Å². The predicted molar refractivity (Wildman–Crippen MR) is 98.6 cm³/mol. The molecular formula is C17H26N2S2. The fourth-order valence-corrected chi connectivity index (χ4v) is 4.14. The van der Waals surface area contributed by atoms with Crippen molar-refractivity contribution >= 4 is 34.7 Å². The predicted octanol–water partition coefficient (Wildman–Crippen LogP) is 4.45. The molecule has 2 N–H and O–H groups in total. The zero-order chi connectivity index (χ0) is 15.4. The van der Waals surface area contributed by atoms with Crippen molar-refractivity contribution in [3.05, 3.63) is 23.8 Å². The molecule has 1 aromatic carbocycles. The normalized spacial score (nSPS) is 15.6. The number of rotatable bonds is 6. The topological polar surface area (TPSA) is 29.3 Å². The van der Waals surface area contributed by atoms with Crippen molar-refractivity contribution in [3.63, 3.8) is 0 Å². The van der Waals surface area contributed by atoms with Crippen molar-refractivity contribution < 1.29 is 0 Å². The Labute approximate surface area is 138 Å². The largest absolute Gasteiger partial charge is 0.389 e. The van der Waals surface area contributed by atoms with Gasteiger partial charge in [0.05, 0.1) is 0 Å². The number of nitrogens with zero attached hydrogens (tertiary/aromatic N) is 1. The van der Waals surface area contributed by atoms with Crippen LogP contribution in [0.5, 0.6) is 0 Å². The van der Waals surface area contributed by atoms with Crippen LogP contribution in [0.15, 0.2) is 23.1 Å². The van der Waals surface area contributed by atoms with Gasteiger partial charge in [0.25, 0.3) is 0 Å². The van der Waals surface area contributed by atoms with Crippen LogP contribution in [0.3, 0.4) is 0 Å². The van der Waals surface area contributed by atoms with Crippen LogP contribution in [0.25, 0.3) is 0 Å². The average molecular weight is 323 g/mol. The maximum atomic E-state index is 6.05. The number of nitrogens with two attached hydrogens (primary N) is 1. The van der Waals surface area contributed by atoms with Gasteiger partial charge < -0.3 is 10.6 Å². The monoisotopic (exact) mass is 322 g/mol. The van der Waals surface area contributed by atoms with Crippen molar-refractivity contribution in [2.24, 2.45) is 11.7 Å². The van der Waals surface area contributed by atoms with E-state index in [1.165, 1.54) is 36.3 Å². The Kier molecular flexibility index (Phi) is 5.94. The third kappa shape index (κ3) is 3.92. The highest BCUT2D eigenvalue weighted by Crippen LogP contribution is 2.35. The smallest absolute Gasteiger partial charge is 0.107 e. The molecule has 1 aliphatic carbocycles. The van der Waals surface area contributed by atoms with Gasteiger partial charge in [-0.25, -0.2) is 0 Å². The lowest BCUT2D eigenvalue weighted by Crippen LogP contribution is -2.37. The van der Waals surface area contributed by atoms with Crippen molar-refractivity contribution in [1.29, 1.82) is 0 Å². The zero-order valence-electron chi connectivity index (χ0n) is 13.3. The molecule has 0 amide bonds. The highest BCUT2D eigenvalue weighted by molar-refractivity contribution is 7.98. The molecule has 21 heavy (non-hydrogen) atoms. The molecule has 0 spiro atoms. The molecular weight excluding hydrogens is 296 g/mol. The molecule has 1 aromatic rings. The molecule has 0 aliphatic heterocycles. The van der Waals surface area contributed by atoms with Crippen LogP contribution in [-0.4, -0.2) is 23.8 Å². The first-order valence-corrected chi connectivity index (χ1v) is 9.41. The highest BCUT2D eigenvalue weighted by atomic mass is 32.2. The number of hydrogen-bond donors (Lipinski definition) is 1. The third-order valence-electron chi connectivity index (χ3n) is 4.11. The van der Waals surface area contributed by atoms with Crippen LogP contribution >= 0.6 is 24.0 Å². The number of hydrogen-bond acceptors (Lipinski definition) is 3. The first-order chi connectivity index (χ1) is 10.0. The lowest BCUT2D eigenvalue weighted by atomic mass is 10.1. The number of benzene rings is 1. The van der Waals surface area contributed by atoms with Crippen molar-refractivity contribution in [2.45, 2.75) is 50.5 Å². The van der Waals surface area contributed by atoms with E-state index in [0.717, 1.165) is 12.1 Å². The third-order valence-corrected chi connectivity index (χ3v) is 5.09. The summed E-state index contributed by atoms with van der Waals surface area (Å²) >= 11 is 7.07. The van der Waals surface area contributed by atoms with E-state index in [9.17, 15) is 0 Å². The van der Waals surface area contributed by atoms with Crippen LogP contribution in [0.1, 0.15) is 45.1 Å². The van der Waals surface area contributed by atoms with Gasteiger partial charge in [-0.1, -0.05) is 45.0 Å². The number of anilines is 1. The van der Waals surface area contributed by atoms with Gasteiger partial charge in [0, 0.05) is 28.7 Å². The Morgan fingerprint density at radius 1 is 1.38 bits per heavy atom. The molecule has 1 aliphatic rings. The van der Waals surface area contributed by atoms with Crippen LogP contribution < -0.4 is 10.6 Å². The minimum absolute atomic E-state index is 0.515. The molecule has 4 heteroatoms. The van der Waals surface area contributed by atoms with Crippen LogP contribution in [0, 0.1) is 5.92 Å². The molecule has 0 aromatic heterocycles. The number of thiocarbonyl (C=S) groups is 1. The molecule has 0 saturated heterocycles. The summed E-state index contributed by atoms with van der Waals surface area (Å²) in [5.41, 5.74) is 8.34. The minimum atomic E-state index is 0.515. The molecule has 116 valence electrons. The van der Waals surface area contributed by atoms with Gasteiger partial charge in [0.15, 0.2) is 0 Å². The minimum Gasteiger partial charge on any atom is -0.389 e. The standard InChI is InChI=1S/C17H26N2S2/c1-12(2)11-19(13-7-4-5-8-13)14-9-6-10-15(21-3)16(14)17(18)20/h6,9-10,12-13H,4-5,7-8,11H2,1-3H3,(H2,18,20). The van der Waals surface area contributed by atoms with Crippen molar-refractivity contribution in [1.82, 2.24) is 0 Å². The Morgan fingerprint density at radius 2 is 2.05 bits per heavy atom. The van der Waals surface area contributed by atoms with E-state index in [-0.39, 0.29) is 0 Å². The summed E-state index contributed by atoms with van der Waals surface area (Å²) in [5, 5.41) is 0. The van der Waals surface area contributed by atoms with E-state index >= 15 is 0 Å². The van der Waals surface area contributed by atoms with Gasteiger partial charge >= 0.3 is 0 Å². The first-order valence-electron chi connectivity index (χ1n) is 7.78. The maximum absolute atomic E-state index is 6.05. The second kappa shape index (κ2) is 7.50. The van der Waals surface area contributed by atoms with Gasteiger partial charge in [0.1, 0.15) is 4.99 Å². The zero-order valence-corrected chi connectivity index (χ0v) is 14.9. The van der Waals surface area contributed by atoms with E-state index in [2.05, 4.69) is 43.2 Å². The van der Waals surface area contributed by atoms with Crippen LogP contribution in [-0.2, 0) is 0 Å². The summed E-state index contributed by atoms with van der Waals surface area (Å²) in [5.74, 6) is 0.628. The quantitative estimate of drug-likeness (QED) is 0.619. The molecule has 1 saturated carbocycles. The molecule has 0 atom stereocenters. The van der Waals surface area contributed by atoms with Crippen LogP contribution in [0.2, 0.25) is 0 Å². The van der Waals surface area contributed by atoms with E-state index in [4.69, 9.17) is 18.0 Å². The fourth-order valence-electron chi connectivity index (χ4n) is 3.23. The lowest BCUT2D eigenvalue weighted by molar-refractivity contribution is 0.535. The Morgan fingerprint density at radius 3 is 2.57 bits per heavy atom. The van der Waals surface area contributed by atoms with E-state index in [0.29, 0.717) is 16.9 Å². The summed E-state index contributed by atoms with van der Waals surface area (Å²) in [6.07, 6.45) is 7.33. The Balaban J connectivity index is 2.45. The molecule has 0 bridgehead atoms. The lowest BCUT2D eigenvalue weighted by Gasteiger charge is -2.34. The maximum Gasteiger partial charge on any atom is 0.107 e. The van der Waals surface area contributed by atoms with E-state index < -0.39 is 0 Å². The van der Waals surface area contributed by atoms with Crippen molar-refractivity contribution in [3.8, 4) is 0 Å². The second-order valence-corrected chi connectivity index (χ2v) is 7.49. The SMILES string of the molecule is CSc1cccc(N(CC(C)C)C2CCCC2)c1C(N)=S. The van der Waals surface area contributed by atoms with E-state index in [1.807, 2.05) is 0 Å².